The minimum absolute atomic E-state index is 0.0388. The normalized spacial score (nSPS) is 19.4. The molecule has 1 fully saturated rings. The zero-order valence-corrected chi connectivity index (χ0v) is 18.1. The van der Waals surface area contributed by atoms with E-state index in [1.54, 1.807) is 13.8 Å². The van der Waals surface area contributed by atoms with Crippen molar-refractivity contribution >= 4 is 34.2 Å². The second-order valence-electron chi connectivity index (χ2n) is 6.87. The quantitative estimate of drug-likeness (QED) is 0.506. The molecular formula is C20H28N2O6S. The maximum Gasteiger partial charge on any atom is 0.348 e. The lowest BCUT2D eigenvalue weighted by Gasteiger charge is -2.34. The number of hydrogen-bond donors (Lipinski definition) is 1. The molecule has 2 unspecified atom stereocenters. The lowest BCUT2D eigenvalue weighted by Crippen LogP contribution is -2.48. The van der Waals surface area contributed by atoms with Crippen LogP contribution in [0.1, 0.15) is 46.4 Å². The lowest BCUT2D eigenvalue weighted by molar-refractivity contribution is -0.121. The zero-order chi connectivity index (χ0) is 21.6. The predicted molar refractivity (Wildman–Crippen MR) is 111 cm³/mol. The first-order valence-corrected chi connectivity index (χ1v) is 10.3. The molecule has 1 saturated heterocycles. The third-order valence-electron chi connectivity index (χ3n) is 4.26. The topological polar surface area (TPSA) is 94.2 Å². The van der Waals surface area contributed by atoms with E-state index in [0.717, 1.165) is 11.3 Å². The number of nitrogens with one attached hydrogen (secondary N) is 1. The number of nitrogens with zero attached hydrogens (tertiary/aromatic N) is 1. The number of carbonyl (C=O) groups is 3. The van der Waals surface area contributed by atoms with E-state index in [1.807, 2.05) is 18.7 Å². The summed E-state index contributed by atoms with van der Waals surface area (Å²) in [6, 6.07) is 0. The Balaban J connectivity index is 2.20. The van der Waals surface area contributed by atoms with Gasteiger partial charge in [-0.15, -0.1) is 11.3 Å². The van der Waals surface area contributed by atoms with E-state index < -0.39 is 11.9 Å². The van der Waals surface area contributed by atoms with Gasteiger partial charge < -0.3 is 19.5 Å². The van der Waals surface area contributed by atoms with Crippen LogP contribution in [-0.2, 0) is 19.0 Å². The van der Waals surface area contributed by atoms with E-state index in [-0.39, 0.29) is 53.3 Å². The SMILES string of the molecule is C=CCOC(=O)c1sc(NC(=O)CN2CC(C)OC(C)C2)c(C(=O)OCC)c1C. The molecule has 1 aromatic heterocycles. The molecule has 0 aliphatic carbocycles. The Bertz CT molecular complexity index is 765. The summed E-state index contributed by atoms with van der Waals surface area (Å²) in [7, 11) is 0. The maximum atomic E-state index is 12.6. The molecule has 0 saturated carbocycles. The molecule has 0 bridgehead atoms. The van der Waals surface area contributed by atoms with Crippen molar-refractivity contribution in [2.75, 3.05) is 38.2 Å². The summed E-state index contributed by atoms with van der Waals surface area (Å²) in [4.78, 5) is 39.6. The van der Waals surface area contributed by atoms with Crippen molar-refractivity contribution in [2.45, 2.75) is 39.9 Å². The fourth-order valence-corrected chi connectivity index (χ4v) is 4.33. The van der Waals surface area contributed by atoms with Crippen molar-refractivity contribution in [3.63, 3.8) is 0 Å². The molecule has 2 atom stereocenters. The van der Waals surface area contributed by atoms with Crippen LogP contribution in [0.15, 0.2) is 12.7 Å². The molecule has 2 rings (SSSR count). The van der Waals surface area contributed by atoms with Gasteiger partial charge in [0.05, 0.1) is 30.9 Å². The number of esters is 2. The molecule has 9 heteroatoms. The Labute approximate surface area is 174 Å². The Hall–Kier alpha value is -2.23. The summed E-state index contributed by atoms with van der Waals surface area (Å²) in [6.07, 6.45) is 1.54. The summed E-state index contributed by atoms with van der Waals surface area (Å²) in [5.41, 5.74) is 0.603. The molecule has 1 aliphatic heterocycles. The summed E-state index contributed by atoms with van der Waals surface area (Å²) >= 11 is 1.01. The molecular weight excluding hydrogens is 396 g/mol. The molecule has 29 heavy (non-hydrogen) atoms. The number of anilines is 1. The largest absolute Gasteiger partial charge is 0.462 e. The fraction of sp³-hybridized carbons (Fsp3) is 0.550. The molecule has 160 valence electrons. The smallest absolute Gasteiger partial charge is 0.348 e. The highest BCUT2D eigenvalue weighted by molar-refractivity contribution is 7.18. The molecule has 1 amide bonds. The predicted octanol–water partition coefficient (Wildman–Crippen LogP) is 2.62. The van der Waals surface area contributed by atoms with Crippen LogP contribution in [0.2, 0.25) is 0 Å². The summed E-state index contributed by atoms with van der Waals surface area (Å²) in [5, 5.41) is 3.05. The van der Waals surface area contributed by atoms with Crippen LogP contribution in [0.3, 0.4) is 0 Å². The highest BCUT2D eigenvalue weighted by Crippen LogP contribution is 2.34. The van der Waals surface area contributed by atoms with Crippen LogP contribution in [0.4, 0.5) is 5.00 Å². The van der Waals surface area contributed by atoms with E-state index in [4.69, 9.17) is 14.2 Å². The number of amides is 1. The maximum absolute atomic E-state index is 12.6. The first kappa shape index (κ1) is 23.1. The fourth-order valence-electron chi connectivity index (χ4n) is 3.23. The van der Waals surface area contributed by atoms with Crippen molar-refractivity contribution < 1.29 is 28.6 Å². The van der Waals surface area contributed by atoms with Crippen molar-refractivity contribution in [1.82, 2.24) is 4.90 Å². The van der Waals surface area contributed by atoms with Gasteiger partial charge in [-0.2, -0.15) is 0 Å². The van der Waals surface area contributed by atoms with E-state index >= 15 is 0 Å². The Morgan fingerprint density at radius 2 is 1.90 bits per heavy atom. The first-order chi connectivity index (χ1) is 13.8. The Morgan fingerprint density at radius 1 is 1.24 bits per heavy atom. The average molecular weight is 425 g/mol. The van der Waals surface area contributed by atoms with Gasteiger partial charge in [-0.1, -0.05) is 12.7 Å². The third-order valence-corrected chi connectivity index (χ3v) is 5.45. The molecule has 0 radical (unpaired) electrons. The van der Waals surface area contributed by atoms with Crippen molar-refractivity contribution in [3.05, 3.63) is 28.7 Å². The van der Waals surface area contributed by atoms with Gasteiger partial charge in [0.25, 0.3) is 0 Å². The van der Waals surface area contributed by atoms with E-state index in [1.165, 1.54) is 6.08 Å². The van der Waals surface area contributed by atoms with E-state index in [9.17, 15) is 14.4 Å². The molecule has 1 aliphatic rings. The number of morpholine rings is 1. The van der Waals surface area contributed by atoms with Gasteiger partial charge in [0.2, 0.25) is 5.91 Å². The number of carbonyl (C=O) groups excluding carboxylic acids is 3. The average Bonchev–Trinajstić information content (AvgIpc) is 2.94. The monoisotopic (exact) mass is 424 g/mol. The molecule has 2 heterocycles. The zero-order valence-electron chi connectivity index (χ0n) is 17.3. The van der Waals surface area contributed by atoms with Crippen LogP contribution >= 0.6 is 11.3 Å². The Morgan fingerprint density at radius 3 is 2.48 bits per heavy atom. The summed E-state index contributed by atoms with van der Waals surface area (Å²) in [5.74, 6) is -1.44. The molecule has 0 spiro atoms. The van der Waals surface area contributed by atoms with Crippen molar-refractivity contribution in [1.29, 1.82) is 0 Å². The number of rotatable bonds is 8. The molecule has 0 aromatic carbocycles. The minimum Gasteiger partial charge on any atom is -0.462 e. The minimum atomic E-state index is -0.590. The number of hydrogen-bond acceptors (Lipinski definition) is 8. The van der Waals surface area contributed by atoms with Crippen LogP contribution in [0, 0.1) is 6.92 Å². The third kappa shape index (κ3) is 6.12. The van der Waals surface area contributed by atoms with Crippen molar-refractivity contribution in [2.24, 2.45) is 0 Å². The Kier molecular flexibility index (Phi) is 8.36. The lowest BCUT2D eigenvalue weighted by atomic mass is 10.1. The van der Waals surface area contributed by atoms with Gasteiger partial charge in [0, 0.05) is 13.1 Å². The van der Waals surface area contributed by atoms with Gasteiger partial charge in [0.15, 0.2) is 0 Å². The van der Waals surface area contributed by atoms with E-state index in [2.05, 4.69) is 11.9 Å². The van der Waals surface area contributed by atoms with Crippen LogP contribution < -0.4 is 5.32 Å². The van der Waals surface area contributed by atoms with Gasteiger partial charge in [0.1, 0.15) is 16.5 Å². The van der Waals surface area contributed by atoms with Gasteiger partial charge in [-0.05, 0) is 33.3 Å². The highest BCUT2D eigenvalue weighted by atomic mass is 32.1. The van der Waals surface area contributed by atoms with Crippen molar-refractivity contribution in [3.8, 4) is 0 Å². The van der Waals surface area contributed by atoms with Crippen LogP contribution in [-0.4, -0.2) is 67.8 Å². The first-order valence-electron chi connectivity index (χ1n) is 9.52. The summed E-state index contributed by atoms with van der Waals surface area (Å²) in [6.45, 7) is 12.4. The van der Waals surface area contributed by atoms with Gasteiger partial charge in [-0.25, -0.2) is 9.59 Å². The number of thiophene rings is 1. The standard InChI is InChI=1S/C20H28N2O6S/c1-6-8-27-20(25)17-14(5)16(19(24)26-7-2)18(29-17)21-15(23)11-22-9-12(3)28-13(4)10-22/h6,12-13H,1,7-11H2,2-5H3,(H,21,23). The molecule has 8 nitrogen and oxygen atoms in total. The van der Waals surface area contributed by atoms with Crippen LogP contribution in [0.5, 0.6) is 0 Å². The van der Waals surface area contributed by atoms with Gasteiger partial charge >= 0.3 is 11.9 Å². The summed E-state index contributed by atoms with van der Waals surface area (Å²) < 4.78 is 15.9. The van der Waals surface area contributed by atoms with E-state index in [0.29, 0.717) is 18.7 Å². The number of ether oxygens (including phenoxy) is 3. The molecule has 1 aromatic rings. The van der Waals surface area contributed by atoms with Gasteiger partial charge in [-0.3, -0.25) is 9.69 Å². The second kappa shape index (κ2) is 10.5. The second-order valence-corrected chi connectivity index (χ2v) is 7.89. The highest BCUT2D eigenvalue weighted by Gasteiger charge is 2.28. The molecule has 1 N–H and O–H groups in total. The van der Waals surface area contributed by atoms with Crippen LogP contribution in [0.25, 0.3) is 0 Å².